The van der Waals surface area contributed by atoms with Gasteiger partial charge in [0.15, 0.2) is 0 Å². The van der Waals surface area contributed by atoms with E-state index in [9.17, 15) is 9.59 Å². The van der Waals surface area contributed by atoms with Crippen LogP contribution in [0.1, 0.15) is 17.0 Å². The summed E-state index contributed by atoms with van der Waals surface area (Å²) in [6, 6.07) is 8.20. The van der Waals surface area contributed by atoms with Gasteiger partial charge < -0.3 is 15.5 Å². The molecule has 0 radical (unpaired) electrons. The van der Waals surface area contributed by atoms with E-state index >= 15 is 0 Å². The molecule has 1 aromatic heterocycles. The van der Waals surface area contributed by atoms with Crippen molar-refractivity contribution in [2.45, 2.75) is 12.3 Å². The normalized spacial score (nSPS) is 21.9. The van der Waals surface area contributed by atoms with Gasteiger partial charge in [-0.25, -0.2) is 0 Å². The molecule has 0 spiro atoms. The number of benzene rings is 1. The average Bonchev–Trinajstić information content (AvgIpc) is 3.33. The maximum Gasteiger partial charge on any atom is 0.242 e. The number of aromatic nitrogens is 2. The van der Waals surface area contributed by atoms with Gasteiger partial charge >= 0.3 is 0 Å². The molecule has 1 saturated heterocycles. The molecule has 0 unspecified atom stereocenters. The number of rotatable bonds is 4. The van der Waals surface area contributed by atoms with Crippen LogP contribution in [0, 0.1) is 5.92 Å². The van der Waals surface area contributed by atoms with Gasteiger partial charge in [0.25, 0.3) is 0 Å². The summed E-state index contributed by atoms with van der Waals surface area (Å²) in [5.41, 5.74) is 8.98. The highest BCUT2D eigenvalue weighted by Gasteiger charge is 2.40. The third-order valence-electron chi connectivity index (χ3n) is 5.50. The van der Waals surface area contributed by atoms with Crippen molar-refractivity contribution in [1.82, 2.24) is 14.7 Å². The maximum atomic E-state index is 12.9. The van der Waals surface area contributed by atoms with Crippen molar-refractivity contribution in [2.75, 3.05) is 31.1 Å². The predicted molar refractivity (Wildman–Crippen MR) is 97.6 cm³/mol. The molecule has 0 saturated carbocycles. The Hall–Kier alpha value is -2.83. The molecular weight excluding hydrogens is 330 g/mol. The first-order chi connectivity index (χ1) is 12.5. The zero-order valence-electron chi connectivity index (χ0n) is 14.8. The molecule has 2 aliphatic rings. The van der Waals surface area contributed by atoms with Crippen molar-refractivity contribution in [3.05, 3.63) is 47.8 Å². The first-order valence-corrected chi connectivity index (χ1v) is 8.91. The number of hydrogen-bond acceptors (Lipinski definition) is 4. The Morgan fingerprint density at radius 1 is 1.27 bits per heavy atom. The Morgan fingerprint density at radius 2 is 2.08 bits per heavy atom. The molecule has 2 atom stereocenters. The van der Waals surface area contributed by atoms with Crippen LogP contribution >= 0.6 is 0 Å². The van der Waals surface area contributed by atoms with E-state index in [4.69, 9.17) is 5.73 Å². The van der Waals surface area contributed by atoms with Crippen LogP contribution in [0.3, 0.4) is 0 Å². The topological polar surface area (TPSA) is 84.5 Å². The quantitative estimate of drug-likeness (QED) is 0.868. The molecule has 26 heavy (non-hydrogen) atoms. The molecule has 2 amide bonds. The standard InChI is InChI=1S/C19H23N5O2/c1-22-9-14(8-21-22)15-10-24(11-16(15)19(20)26)18(25)12-23-7-6-13-4-2-3-5-17(13)23/h2-5,8-9,15-16H,6-7,10-12H2,1H3,(H2,20,26)/t15-,16+/m1/s1. The smallest absolute Gasteiger partial charge is 0.242 e. The number of nitrogens with two attached hydrogens (primary N) is 1. The minimum Gasteiger partial charge on any atom is -0.369 e. The largest absolute Gasteiger partial charge is 0.369 e. The van der Waals surface area contributed by atoms with Gasteiger partial charge in [0.1, 0.15) is 0 Å². The zero-order valence-corrected chi connectivity index (χ0v) is 14.8. The molecule has 2 aromatic rings. The summed E-state index contributed by atoms with van der Waals surface area (Å²) in [6.45, 7) is 2.07. The summed E-state index contributed by atoms with van der Waals surface area (Å²) >= 11 is 0. The number of likely N-dealkylation sites (tertiary alicyclic amines) is 1. The number of para-hydroxylation sites is 1. The fraction of sp³-hybridized carbons (Fsp3) is 0.421. The molecule has 3 heterocycles. The lowest BCUT2D eigenvalue weighted by atomic mass is 9.90. The van der Waals surface area contributed by atoms with E-state index in [2.05, 4.69) is 22.1 Å². The van der Waals surface area contributed by atoms with E-state index in [0.717, 1.165) is 24.2 Å². The minimum atomic E-state index is -0.367. The molecule has 0 bridgehead atoms. The second-order valence-electron chi connectivity index (χ2n) is 7.16. The van der Waals surface area contributed by atoms with Crippen LogP contribution in [-0.4, -0.2) is 52.7 Å². The number of carbonyl (C=O) groups is 2. The van der Waals surface area contributed by atoms with Crippen LogP contribution < -0.4 is 10.6 Å². The Kier molecular flexibility index (Phi) is 4.14. The van der Waals surface area contributed by atoms with Crippen LogP contribution in [0.5, 0.6) is 0 Å². The van der Waals surface area contributed by atoms with Gasteiger partial charge in [0.05, 0.1) is 18.7 Å². The van der Waals surface area contributed by atoms with Crippen LogP contribution in [0.25, 0.3) is 0 Å². The van der Waals surface area contributed by atoms with Crippen molar-refractivity contribution in [1.29, 1.82) is 0 Å². The number of amides is 2. The van der Waals surface area contributed by atoms with Gasteiger partial charge in [0.2, 0.25) is 11.8 Å². The maximum absolute atomic E-state index is 12.9. The molecule has 1 fully saturated rings. The second kappa shape index (κ2) is 6.48. The third kappa shape index (κ3) is 2.94. The van der Waals surface area contributed by atoms with Crippen LogP contribution in [-0.2, 0) is 23.1 Å². The Morgan fingerprint density at radius 3 is 2.81 bits per heavy atom. The molecule has 7 heteroatoms. The van der Waals surface area contributed by atoms with Crippen molar-refractivity contribution in [3.8, 4) is 0 Å². The highest BCUT2D eigenvalue weighted by atomic mass is 16.2. The van der Waals surface area contributed by atoms with Crippen molar-refractivity contribution >= 4 is 17.5 Å². The van der Waals surface area contributed by atoms with E-state index in [-0.39, 0.29) is 23.7 Å². The first kappa shape index (κ1) is 16.6. The first-order valence-electron chi connectivity index (χ1n) is 8.91. The van der Waals surface area contributed by atoms with Gasteiger partial charge in [-0.15, -0.1) is 0 Å². The van der Waals surface area contributed by atoms with E-state index in [0.29, 0.717) is 19.6 Å². The predicted octanol–water partition coefficient (Wildman–Crippen LogP) is 0.510. The Bertz CT molecular complexity index is 846. The molecule has 1 aromatic carbocycles. The number of fused-ring (bicyclic) bond motifs is 1. The number of nitrogens with zero attached hydrogens (tertiary/aromatic N) is 4. The molecule has 136 valence electrons. The summed E-state index contributed by atoms with van der Waals surface area (Å²) < 4.78 is 1.71. The van der Waals surface area contributed by atoms with E-state index < -0.39 is 0 Å². The molecule has 2 aliphatic heterocycles. The highest BCUT2D eigenvalue weighted by molar-refractivity contribution is 5.85. The van der Waals surface area contributed by atoms with Crippen molar-refractivity contribution in [2.24, 2.45) is 18.7 Å². The SMILES string of the molecule is Cn1cc([C@H]2CN(C(=O)CN3CCc4ccccc43)C[C@@H]2C(N)=O)cn1. The number of hydrogen-bond donors (Lipinski definition) is 1. The van der Waals surface area contributed by atoms with Crippen LogP contribution in [0.15, 0.2) is 36.7 Å². The zero-order chi connectivity index (χ0) is 18.3. The van der Waals surface area contributed by atoms with Crippen molar-refractivity contribution in [3.63, 3.8) is 0 Å². The van der Waals surface area contributed by atoms with Gasteiger partial charge in [-0.3, -0.25) is 14.3 Å². The highest BCUT2D eigenvalue weighted by Crippen LogP contribution is 2.33. The van der Waals surface area contributed by atoms with E-state index in [1.165, 1.54) is 5.56 Å². The van der Waals surface area contributed by atoms with Gasteiger partial charge in [-0.05, 0) is 23.6 Å². The third-order valence-corrected chi connectivity index (χ3v) is 5.50. The molecular formula is C19H23N5O2. The van der Waals surface area contributed by atoms with E-state index in [1.54, 1.807) is 15.8 Å². The fourth-order valence-electron chi connectivity index (χ4n) is 4.10. The van der Waals surface area contributed by atoms with Crippen molar-refractivity contribution < 1.29 is 9.59 Å². The number of carbonyl (C=O) groups excluding carboxylic acids is 2. The van der Waals surface area contributed by atoms with Gasteiger partial charge in [0, 0.05) is 44.5 Å². The average molecular weight is 353 g/mol. The fourth-order valence-corrected chi connectivity index (χ4v) is 4.10. The number of aryl methyl sites for hydroxylation is 1. The number of anilines is 1. The lowest BCUT2D eigenvalue weighted by Crippen LogP contribution is -2.39. The summed E-state index contributed by atoms with van der Waals surface area (Å²) in [6.07, 6.45) is 4.61. The molecule has 0 aliphatic carbocycles. The lowest BCUT2D eigenvalue weighted by Gasteiger charge is -2.23. The van der Waals surface area contributed by atoms with Crippen LogP contribution in [0.4, 0.5) is 5.69 Å². The Labute approximate surface area is 152 Å². The monoisotopic (exact) mass is 353 g/mol. The minimum absolute atomic E-state index is 0.0411. The number of primary amides is 1. The van der Waals surface area contributed by atoms with Gasteiger partial charge in [-0.1, -0.05) is 18.2 Å². The summed E-state index contributed by atoms with van der Waals surface area (Å²) in [7, 11) is 1.84. The van der Waals surface area contributed by atoms with Gasteiger partial charge in [-0.2, -0.15) is 5.10 Å². The summed E-state index contributed by atoms with van der Waals surface area (Å²) in [5.74, 6) is -0.773. The summed E-state index contributed by atoms with van der Waals surface area (Å²) in [5, 5.41) is 4.19. The Balaban J connectivity index is 1.48. The second-order valence-corrected chi connectivity index (χ2v) is 7.16. The van der Waals surface area contributed by atoms with Crippen LogP contribution in [0.2, 0.25) is 0 Å². The molecule has 2 N–H and O–H groups in total. The summed E-state index contributed by atoms with van der Waals surface area (Å²) in [4.78, 5) is 28.7. The molecule has 4 rings (SSSR count). The van der Waals surface area contributed by atoms with E-state index in [1.807, 2.05) is 25.4 Å². The molecule has 7 nitrogen and oxygen atoms in total. The lowest BCUT2D eigenvalue weighted by molar-refractivity contribution is -0.129.